The van der Waals surface area contributed by atoms with Crippen molar-refractivity contribution in [3.8, 4) is 11.1 Å². The molecule has 6 nitrogen and oxygen atoms in total. The Labute approximate surface area is 184 Å². The van der Waals surface area contributed by atoms with Crippen LogP contribution in [0.5, 0.6) is 0 Å². The van der Waals surface area contributed by atoms with Gasteiger partial charge in [0.2, 0.25) is 0 Å². The molecule has 32 heavy (non-hydrogen) atoms. The Morgan fingerprint density at radius 2 is 1.56 bits per heavy atom. The highest BCUT2D eigenvalue weighted by atomic mass is 16.5. The SMILES string of the molecule is O=C(C[C@@H](Cc1nc2ccccc2o1)C(=O)O)OCC1c2ccccc2-c2ccccc21. The lowest BCUT2D eigenvalue weighted by Gasteiger charge is -2.15. The Morgan fingerprint density at radius 3 is 2.22 bits per heavy atom. The molecule has 1 heterocycles. The van der Waals surface area contributed by atoms with Gasteiger partial charge in [-0.3, -0.25) is 9.59 Å². The maximum absolute atomic E-state index is 12.6. The molecule has 0 aliphatic heterocycles. The molecule has 0 saturated carbocycles. The Hall–Kier alpha value is -3.93. The summed E-state index contributed by atoms with van der Waals surface area (Å²) < 4.78 is 11.2. The van der Waals surface area contributed by atoms with Gasteiger partial charge in [-0.1, -0.05) is 60.7 Å². The van der Waals surface area contributed by atoms with E-state index < -0.39 is 17.9 Å². The summed E-state index contributed by atoms with van der Waals surface area (Å²) in [4.78, 5) is 28.6. The van der Waals surface area contributed by atoms with Gasteiger partial charge in [0.25, 0.3) is 0 Å². The van der Waals surface area contributed by atoms with Crippen LogP contribution in [-0.2, 0) is 20.7 Å². The summed E-state index contributed by atoms with van der Waals surface area (Å²) in [5.41, 5.74) is 5.76. The minimum atomic E-state index is -1.08. The van der Waals surface area contributed by atoms with Crippen LogP contribution in [0.15, 0.2) is 77.2 Å². The van der Waals surface area contributed by atoms with Gasteiger partial charge in [-0.05, 0) is 34.4 Å². The van der Waals surface area contributed by atoms with Gasteiger partial charge >= 0.3 is 11.9 Å². The van der Waals surface area contributed by atoms with Gasteiger partial charge in [-0.15, -0.1) is 0 Å². The third kappa shape index (κ3) is 3.75. The molecule has 0 bridgehead atoms. The number of fused-ring (bicyclic) bond motifs is 4. The first-order valence-electron chi connectivity index (χ1n) is 10.5. The fraction of sp³-hybridized carbons (Fsp3) is 0.192. The maximum Gasteiger partial charge on any atom is 0.307 e. The minimum absolute atomic E-state index is 0.0220. The number of ether oxygens (including phenoxy) is 1. The molecule has 1 atom stereocenters. The Balaban J connectivity index is 1.27. The Bertz CT molecular complexity index is 1230. The number of aliphatic carboxylic acids is 1. The van der Waals surface area contributed by atoms with Gasteiger partial charge in [-0.25, -0.2) is 4.98 Å². The molecule has 0 fully saturated rings. The molecule has 3 aromatic carbocycles. The second kappa shape index (κ2) is 8.30. The number of carbonyl (C=O) groups is 2. The number of carboxylic acid groups (broad SMARTS) is 1. The minimum Gasteiger partial charge on any atom is -0.481 e. The van der Waals surface area contributed by atoms with Gasteiger partial charge in [0.05, 0.1) is 12.3 Å². The Morgan fingerprint density at radius 1 is 0.938 bits per heavy atom. The summed E-state index contributed by atoms with van der Waals surface area (Å²) in [5.74, 6) is -2.37. The van der Waals surface area contributed by atoms with Crippen LogP contribution in [0.25, 0.3) is 22.2 Å². The lowest BCUT2D eigenvalue weighted by Crippen LogP contribution is -2.23. The zero-order chi connectivity index (χ0) is 22.1. The number of hydrogen-bond acceptors (Lipinski definition) is 5. The number of hydrogen-bond donors (Lipinski definition) is 1. The number of esters is 1. The van der Waals surface area contributed by atoms with Crippen molar-refractivity contribution < 1.29 is 23.8 Å². The first-order valence-corrected chi connectivity index (χ1v) is 10.5. The van der Waals surface area contributed by atoms with Crippen LogP contribution in [0.4, 0.5) is 0 Å². The zero-order valence-electron chi connectivity index (χ0n) is 17.2. The van der Waals surface area contributed by atoms with Crippen molar-refractivity contribution in [3.63, 3.8) is 0 Å². The van der Waals surface area contributed by atoms with Gasteiger partial charge in [0.1, 0.15) is 12.1 Å². The standard InChI is InChI=1S/C26H21NO5/c28-25(14-16(26(29)30)13-24-27-22-11-5-6-12-23(22)32-24)31-15-21-19-9-3-1-7-17(19)18-8-2-4-10-20(18)21/h1-12,16,21H,13-15H2,(H,29,30)/t16-/m1/s1. The van der Waals surface area contributed by atoms with Crippen molar-refractivity contribution in [2.75, 3.05) is 6.61 Å². The molecule has 0 amide bonds. The summed E-state index contributed by atoms with van der Waals surface area (Å²) in [6.45, 7) is 0.169. The van der Waals surface area contributed by atoms with Crippen LogP contribution in [0.1, 0.15) is 29.4 Å². The molecular formula is C26H21NO5. The van der Waals surface area contributed by atoms with Crippen molar-refractivity contribution >= 4 is 23.0 Å². The predicted molar refractivity (Wildman–Crippen MR) is 118 cm³/mol. The molecule has 4 aromatic rings. The fourth-order valence-electron chi connectivity index (χ4n) is 4.34. The number of aromatic nitrogens is 1. The predicted octanol–water partition coefficient (Wildman–Crippen LogP) is 4.82. The van der Waals surface area contributed by atoms with Crippen molar-refractivity contribution in [3.05, 3.63) is 89.8 Å². The third-order valence-corrected chi connectivity index (χ3v) is 5.90. The van der Waals surface area contributed by atoms with E-state index in [4.69, 9.17) is 9.15 Å². The highest BCUT2D eigenvalue weighted by Crippen LogP contribution is 2.44. The van der Waals surface area contributed by atoms with Crippen molar-refractivity contribution in [1.82, 2.24) is 4.98 Å². The number of para-hydroxylation sites is 2. The molecule has 0 spiro atoms. The van der Waals surface area contributed by atoms with Crippen molar-refractivity contribution in [2.24, 2.45) is 5.92 Å². The summed E-state index contributed by atoms with van der Waals surface area (Å²) in [7, 11) is 0. The number of carbonyl (C=O) groups excluding carboxylic acids is 1. The number of oxazole rings is 1. The fourth-order valence-corrected chi connectivity index (χ4v) is 4.34. The van der Waals surface area contributed by atoms with Gasteiger partial charge in [-0.2, -0.15) is 0 Å². The molecular weight excluding hydrogens is 406 g/mol. The van der Waals surface area contributed by atoms with E-state index in [0.29, 0.717) is 17.0 Å². The Kier molecular flexibility index (Phi) is 5.19. The average Bonchev–Trinajstić information content (AvgIpc) is 3.35. The van der Waals surface area contributed by atoms with Crippen LogP contribution >= 0.6 is 0 Å². The summed E-state index contributed by atoms with van der Waals surface area (Å²) in [6, 6.07) is 23.4. The van der Waals surface area contributed by atoms with Crippen molar-refractivity contribution in [1.29, 1.82) is 0 Å². The third-order valence-electron chi connectivity index (χ3n) is 5.90. The van der Waals surface area contributed by atoms with Crippen molar-refractivity contribution in [2.45, 2.75) is 18.8 Å². The van der Waals surface area contributed by atoms with E-state index in [2.05, 4.69) is 17.1 Å². The van der Waals surface area contributed by atoms with Gasteiger partial charge in [0.15, 0.2) is 11.5 Å². The topological polar surface area (TPSA) is 89.6 Å². The average molecular weight is 427 g/mol. The highest BCUT2D eigenvalue weighted by molar-refractivity contribution is 5.81. The first-order chi connectivity index (χ1) is 15.6. The van der Waals surface area contributed by atoms with E-state index in [1.165, 1.54) is 0 Å². The summed E-state index contributed by atoms with van der Waals surface area (Å²) >= 11 is 0. The van der Waals surface area contributed by atoms with E-state index in [1.54, 1.807) is 12.1 Å². The van der Waals surface area contributed by atoms with E-state index in [1.807, 2.05) is 48.5 Å². The molecule has 1 aliphatic rings. The van der Waals surface area contributed by atoms with Crippen LogP contribution < -0.4 is 0 Å². The number of benzene rings is 3. The van der Waals surface area contributed by atoms with Gasteiger partial charge in [0, 0.05) is 12.3 Å². The van der Waals surface area contributed by atoms with E-state index in [9.17, 15) is 14.7 Å². The van der Waals surface area contributed by atoms with E-state index in [-0.39, 0.29) is 25.4 Å². The lowest BCUT2D eigenvalue weighted by molar-refractivity contribution is -0.151. The molecule has 0 radical (unpaired) electrons. The molecule has 6 heteroatoms. The monoisotopic (exact) mass is 427 g/mol. The first kappa shape index (κ1) is 20.0. The molecule has 0 unspecified atom stereocenters. The van der Waals surface area contributed by atoms with Crippen LogP contribution in [0.3, 0.4) is 0 Å². The molecule has 1 N–H and O–H groups in total. The number of carboxylic acids is 1. The molecule has 0 saturated heterocycles. The van der Waals surface area contributed by atoms with E-state index >= 15 is 0 Å². The van der Waals surface area contributed by atoms with Crippen LogP contribution in [0, 0.1) is 5.92 Å². The van der Waals surface area contributed by atoms with Crippen LogP contribution in [-0.4, -0.2) is 28.6 Å². The highest BCUT2D eigenvalue weighted by Gasteiger charge is 2.30. The maximum atomic E-state index is 12.6. The zero-order valence-corrected chi connectivity index (χ0v) is 17.2. The second-order valence-corrected chi connectivity index (χ2v) is 7.93. The van der Waals surface area contributed by atoms with Gasteiger partial charge < -0.3 is 14.3 Å². The molecule has 5 rings (SSSR count). The summed E-state index contributed by atoms with van der Waals surface area (Å²) in [6.07, 6.45) is -0.224. The summed E-state index contributed by atoms with van der Waals surface area (Å²) in [5, 5.41) is 9.62. The largest absolute Gasteiger partial charge is 0.481 e. The van der Waals surface area contributed by atoms with Crippen LogP contribution in [0.2, 0.25) is 0 Å². The van der Waals surface area contributed by atoms with E-state index in [0.717, 1.165) is 22.3 Å². The number of nitrogens with zero attached hydrogens (tertiary/aromatic N) is 1. The quantitative estimate of drug-likeness (QED) is 0.426. The molecule has 1 aromatic heterocycles. The smallest absolute Gasteiger partial charge is 0.307 e. The molecule has 160 valence electrons. The molecule has 1 aliphatic carbocycles. The normalized spacial score (nSPS) is 13.5. The number of rotatable bonds is 7. The lowest BCUT2D eigenvalue weighted by atomic mass is 9.98. The second-order valence-electron chi connectivity index (χ2n) is 7.93.